The maximum absolute atomic E-state index is 13.0. The molecule has 3 aromatic heterocycles. The van der Waals surface area contributed by atoms with E-state index < -0.39 is 17.3 Å². The highest BCUT2D eigenvalue weighted by Gasteiger charge is 2.48. The van der Waals surface area contributed by atoms with Crippen molar-refractivity contribution >= 4 is 17.6 Å². The molecule has 0 aromatic carbocycles. The number of hydrogen-bond donors (Lipinski definition) is 1. The lowest BCUT2D eigenvalue weighted by atomic mass is 9.77. The van der Waals surface area contributed by atoms with E-state index in [1.165, 1.54) is 4.68 Å². The molecule has 1 aliphatic rings. The third kappa shape index (κ3) is 4.14. The van der Waals surface area contributed by atoms with Gasteiger partial charge in [0.25, 0.3) is 0 Å². The van der Waals surface area contributed by atoms with E-state index in [0.717, 1.165) is 30.3 Å². The van der Waals surface area contributed by atoms with E-state index in [1.807, 2.05) is 6.92 Å². The largest absolute Gasteiger partial charge is 0.464 e. The van der Waals surface area contributed by atoms with Gasteiger partial charge in [-0.1, -0.05) is 5.21 Å². The number of nitrogens with one attached hydrogen (secondary N) is 1. The first kappa shape index (κ1) is 21.7. The lowest BCUT2D eigenvalue weighted by Crippen LogP contribution is -2.49. The van der Waals surface area contributed by atoms with Crippen molar-refractivity contribution in [1.29, 1.82) is 0 Å². The molecule has 1 N–H and O–H groups in total. The summed E-state index contributed by atoms with van der Waals surface area (Å²) in [5.41, 5.74) is 0.0421. The second-order valence-electron chi connectivity index (χ2n) is 7.62. The van der Waals surface area contributed by atoms with Crippen molar-refractivity contribution in [3.05, 3.63) is 47.8 Å². The van der Waals surface area contributed by atoms with Gasteiger partial charge >= 0.3 is 12.1 Å². The number of carbonyl (C=O) groups is 1. The van der Waals surface area contributed by atoms with Gasteiger partial charge < -0.3 is 10.1 Å². The summed E-state index contributed by atoms with van der Waals surface area (Å²) in [5.74, 6) is -0.00809. The van der Waals surface area contributed by atoms with E-state index in [0.29, 0.717) is 30.0 Å². The molecular formula is C21H21F3N6O2. The number of rotatable bonds is 6. The Morgan fingerprint density at radius 2 is 2.00 bits per heavy atom. The van der Waals surface area contributed by atoms with Crippen LogP contribution < -0.4 is 5.32 Å². The number of carbonyl (C=O) groups excluding carboxylic acids is 1. The Hall–Kier alpha value is -3.50. The fraction of sp³-hybridized carbons (Fsp3) is 0.381. The number of ether oxygens (including phenoxy) is 1. The number of alkyl halides is 3. The second-order valence-corrected chi connectivity index (χ2v) is 7.62. The van der Waals surface area contributed by atoms with Crippen LogP contribution in [0.25, 0.3) is 11.4 Å². The van der Waals surface area contributed by atoms with E-state index in [9.17, 15) is 18.0 Å². The van der Waals surface area contributed by atoms with Crippen LogP contribution in [-0.4, -0.2) is 37.5 Å². The van der Waals surface area contributed by atoms with Crippen molar-refractivity contribution < 1.29 is 22.7 Å². The van der Waals surface area contributed by atoms with Crippen LogP contribution in [0.5, 0.6) is 0 Å². The first-order chi connectivity index (χ1) is 15.2. The molecule has 1 fully saturated rings. The number of hydrogen-bond acceptors (Lipinski definition) is 7. The van der Waals surface area contributed by atoms with Crippen LogP contribution in [0.2, 0.25) is 0 Å². The summed E-state index contributed by atoms with van der Waals surface area (Å²) < 4.78 is 45.7. The molecule has 0 unspecified atom stereocenters. The molecule has 0 aliphatic heterocycles. The van der Waals surface area contributed by atoms with E-state index in [1.54, 1.807) is 25.3 Å². The first-order valence-electron chi connectivity index (χ1n) is 10.1. The van der Waals surface area contributed by atoms with Gasteiger partial charge in [-0.25, -0.2) is 19.4 Å². The number of aromatic nitrogens is 5. The van der Waals surface area contributed by atoms with Gasteiger partial charge in [-0.15, -0.1) is 5.10 Å². The van der Waals surface area contributed by atoms with E-state index in [-0.39, 0.29) is 18.4 Å². The quantitative estimate of drug-likeness (QED) is 0.566. The van der Waals surface area contributed by atoms with Crippen LogP contribution in [0.3, 0.4) is 0 Å². The molecule has 0 saturated heterocycles. The smallest absolute Gasteiger partial charge is 0.416 e. The molecule has 3 heterocycles. The average molecular weight is 446 g/mol. The maximum Gasteiger partial charge on any atom is 0.416 e. The molecule has 3 aromatic rings. The lowest BCUT2D eigenvalue weighted by Gasteiger charge is -2.38. The van der Waals surface area contributed by atoms with Crippen molar-refractivity contribution in [2.75, 3.05) is 11.9 Å². The van der Waals surface area contributed by atoms with Crippen LogP contribution in [-0.2, 0) is 21.2 Å². The Bertz CT molecular complexity index is 1140. The number of esters is 1. The molecule has 168 valence electrons. The topological polar surface area (TPSA) is 94.8 Å². The van der Waals surface area contributed by atoms with Gasteiger partial charge in [0, 0.05) is 6.20 Å². The number of pyridine rings is 2. The van der Waals surface area contributed by atoms with Crippen LogP contribution in [0, 0.1) is 6.92 Å². The van der Waals surface area contributed by atoms with Crippen molar-refractivity contribution in [2.24, 2.45) is 0 Å². The van der Waals surface area contributed by atoms with Gasteiger partial charge in [-0.2, -0.15) is 13.2 Å². The molecule has 0 spiro atoms. The molecule has 4 rings (SSSR count). The molecule has 11 heteroatoms. The highest BCUT2D eigenvalue weighted by atomic mass is 19.4. The minimum Gasteiger partial charge on any atom is -0.464 e. The Kier molecular flexibility index (Phi) is 5.57. The zero-order chi connectivity index (χ0) is 22.9. The van der Waals surface area contributed by atoms with Gasteiger partial charge in [0.05, 0.1) is 24.1 Å². The zero-order valence-electron chi connectivity index (χ0n) is 17.5. The standard InChI is InChI=1S/C21H21F3N6O2/c1-3-32-19(31)20(6-4-7-20)30-12-16(28-29-30)15-9-13(2)10-18(26-15)27-17-11-14(5-8-25-17)21(22,23)24/h5,8-12H,3-4,6-7H2,1-2H3,(H,25,26,27). The first-order valence-corrected chi connectivity index (χ1v) is 10.1. The predicted octanol–water partition coefficient (Wildman–Crippen LogP) is 4.25. The van der Waals surface area contributed by atoms with Crippen molar-refractivity contribution in [2.45, 2.75) is 44.8 Å². The molecule has 1 saturated carbocycles. The van der Waals surface area contributed by atoms with Gasteiger partial charge in [0.1, 0.15) is 17.3 Å². The predicted molar refractivity (Wildman–Crippen MR) is 109 cm³/mol. The molecule has 0 atom stereocenters. The highest BCUT2D eigenvalue weighted by molar-refractivity contribution is 5.80. The molecule has 0 bridgehead atoms. The molecular weight excluding hydrogens is 425 g/mol. The summed E-state index contributed by atoms with van der Waals surface area (Å²) in [6, 6.07) is 5.27. The van der Waals surface area contributed by atoms with Crippen molar-refractivity contribution in [3.8, 4) is 11.4 Å². The Balaban J connectivity index is 1.61. The van der Waals surface area contributed by atoms with Gasteiger partial charge in [-0.05, 0) is 62.9 Å². The molecule has 0 radical (unpaired) electrons. The number of halogens is 3. The Labute approximate surface area is 181 Å². The second kappa shape index (κ2) is 8.21. The highest BCUT2D eigenvalue weighted by Crippen LogP contribution is 2.40. The molecule has 0 amide bonds. The maximum atomic E-state index is 13.0. The summed E-state index contributed by atoms with van der Waals surface area (Å²) in [5, 5.41) is 11.1. The average Bonchev–Trinajstić information content (AvgIpc) is 3.17. The summed E-state index contributed by atoms with van der Waals surface area (Å²) in [6.07, 6.45) is 0.368. The third-order valence-corrected chi connectivity index (χ3v) is 5.34. The van der Waals surface area contributed by atoms with Crippen LogP contribution in [0.1, 0.15) is 37.3 Å². The van der Waals surface area contributed by atoms with Crippen LogP contribution in [0.4, 0.5) is 24.8 Å². The van der Waals surface area contributed by atoms with E-state index >= 15 is 0 Å². The number of nitrogens with zero attached hydrogens (tertiary/aromatic N) is 5. The SMILES string of the molecule is CCOC(=O)C1(n2cc(-c3cc(C)cc(Nc4cc(C(F)(F)F)ccn4)n3)nn2)CCC1. The van der Waals surface area contributed by atoms with Crippen molar-refractivity contribution in [1.82, 2.24) is 25.0 Å². The minimum absolute atomic E-state index is 0.0169. The Morgan fingerprint density at radius 3 is 2.66 bits per heavy atom. The summed E-state index contributed by atoms with van der Waals surface area (Å²) in [6.45, 7) is 3.86. The monoisotopic (exact) mass is 446 g/mol. The molecule has 32 heavy (non-hydrogen) atoms. The van der Waals surface area contributed by atoms with Gasteiger partial charge in [0.2, 0.25) is 0 Å². The molecule has 8 nitrogen and oxygen atoms in total. The summed E-state index contributed by atoms with van der Waals surface area (Å²) in [7, 11) is 0. The van der Waals surface area contributed by atoms with Gasteiger partial charge in [-0.3, -0.25) is 0 Å². The number of anilines is 2. The number of aryl methyl sites for hydroxylation is 1. The fourth-order valence-electron chi connectivity index (χ4n) is 3.56. The van der Waals surface area contributed by atoms with E-state index in [2.05, 4.69) is 25.6 Å². The zero-order valence-corrected chi connectivity index (χ0v) is 17.5. The lowest BCUT2D eigenvalue weighted by molar-refractivity contribution is -0.160. The van der Waals surface area contributed by atoms with Crippen LogP contribution in [0.15, 0.2) is 36.7 Å². The normalized spacial score (nSPS) is 15.2. The van der Waals surface area contributed by atoms with E-state index in [4.69, 9.17) is 4.74 Å². The molecule has 1 aliphatic carbocycles. The summed E-state index contributed by atoms with van der Waals surface area (Å²) >= 11 is 0. The van der Waals surface area contributed by atoms with Gasteiger partial charge in [0.15, 0.2) is 5.54 Å². The third-order valence-electron chi connectivity index (χ3n) is 5.34. The Morgan fingerprint density at radius 1 is 1.22 bits per heavy atom. The summed E-state index contributed by atoms with van der Waals surface area (Å²) in [4.78, 5) is 20.9. The fourth-order valence-corrected chi connectivity index (χ4v) is 3.56. The van der Waals surface area contributed by atoms with Crippen molar-refractivity contribution in [3.63, 3.8) is 0 Å². The van der Waals surface area contributed by atoms with Crippen LogP contribution >= 0.6 is 0 Å². The minimum atomic E-state index is -4.47.